The number of amides is 1. The number of sulfonamides is 1. The van der Waals surface area contributed by atoms with Crippen molar-refractivity contribution >= 4 is 134 Å². The fourth-order valence-corrected chi connectivity index (χ4v) is 14.7. The van der Waals surface area contributed by atoms with Crippen LogP contribution in [0.3, 0.4) is 0 Å². The summed E-state index contributed by atoms with van der Waals surface area (Å²) in [5.41, 5.74) is 14.4. The Labute approximate surface area is 753 Å². The molecule has 0 bridgehead atoms. The summed E-state index contributed by atoms with van der Waals surface area (Å²) in [6, 6.07) is 66.9. The molecular weight excluding hydrogens is 1700 g/mol. The van der Waals surface area contributed by atoms with Gasteiger partial charge in [-0.3, -0.25) is 9.52 Å². The Hall–Kier alpha value is -10.1. The van der Waals surface area contributed by atoms with Gasteiger partial charge in [-0.15, -0.1) is 0 Å². The fourth-order valence-electron chi connectivity index (χ4n) is 11.6. The maximum absolute atomic E-state index is 12.9. The number of carbonyl (C=O) groups is 4. The topological polar surface area (TPSA) is 335 Å². The molecule has 0 radical (unpaired) electrons. The first-order chi connectivity index (χ1) is 56.6. The van der Waals surface area contributed by atoms with Gasteiger partial charge < -0.3 is 80.1 Å². The second-order valence-electron chi connectivity index (χ2n) is 25.9. The van der Waals surface area contributed by atoms with E-state index in [2.05, 4.69) is 79.9 Å². The van der Waals surface area contributed by atoms with Crippen LogP contribution < -0.4 is 74.0 Å². The molecule has 0 aromatic heterocycles. The number of rotatable bonds is 22. The van der Waals surface area contributed by atoms with Crippen molar-refractivity contribution in [3.63, 3.8) is 0 Å². The molecule has 8 N–H and O–H groups in total. The molecule has 3 fully saturated rings. The molecule has 3 aliphatic rings. The minimum atomic E-state index is -3.92. The fraction of sp³-hybridized carbons (Fsp3) is 0.281. The minimum absolute atomic E-state index is 0. The quantitative estimate of drug-likeness (QED) is 0.0159. The van der Waals surface area contributed by atoms with Crippen molar-refractivity contribution in [2.24, 2.45) is 0 Å². The molecule has 0 aliphatic carbocycles. The summed E-state index contributed by atoms with van der Waals surface area (Å²) < 4.78 is 85.5. The number of nitrogens with one attached hydrogen (secondary N) is 4. The van der Waals surface area contributed by atoms with Crippen LogP contribution in [-0.2, 0) is 46.4 Å². The second kappa shape index (κ2) is 55.1. The molecule has 1 amide bonds. The summed E-state index contributed by atoms with van der Waals surface area (Å²) in [5.74, 6) is 0.265. The van der Waals surface area contributed by atoms with Crippen LogP contribution >= 0.6 is 57.1 Å². The van der Waals surface area contributed by atoms with Crippen molar-refractivity contribution in [2.75, 3.05) is 132 Å². The second-order valence-corrected chi connectivity index (χ2v) is 31.8. The van der Waals surface area contributed by atoms with Gasteiger partial charge in [0, 0.05) is 154 Å². The predicted molar refractivity (Wildman–Crippen MR) is 486 cm³/mol. The van der Waals surface area contributed by atoms with E-state index >= 15 is 0 Å². The minimum Gasteiger partial charge on any atom is -0.870 e. The van der Waals surface area contributed by atoms with Gasteiger partial charge in [-0.1, -0.05) is 97.7 Å². The third kappa shape index (κ3) is 35.4. The molecule has 3 saturated heterocycles. The van der Waals surface area contributed by atoms with Crippen LogP contribution in [0.25, 0.3) is 0 Å². The molecule has 0 saturated carbocycles. The van der Waals surface area contributed by atoms with Gasteiger partial charge in [-0.05, 0) is 228 Å². The first-order valence-electron chi connectivity index (χ1n) is 37.4. The van der Waals surface area contributed by atoms with Crippen molar-refractivity contribution in [2.45, 2.75) is 77.5 Å². The van der Waals surface area contributed by atoms with Gasteiger partial charge in [0.2, 0.25) is 0 Å². The zero-order chi connectivity index (χ0) is 85.6. The SMILES string of the molecule is C.C.CC1CCCO1.CCOC(=O)c1ccc(N)cc1.CCOC(=O)c1ccc(NCc2cc(Cl)ccc2OC)cc1.COc1ccc(Cl)cc1CNc1ccc(C(=O)O)cc1.COc1ccc(Cl)cc1S(=O)(=O)Cl.COc1ccc(Cl)cc1S(=O)(=O)Nc1ccc(C(=O)N2CCN(c3ccccc3)CC2)cc1.[Li+].[OH-].c1ccc(N2CCNCC2)cc1. The largest absolute Gasteiger partial charge is 1.00 e. The predicted octanol–water partition coefficient (Wildman–Crippen LogP) is 16.0. The van der Waals surface area contributed by atoms with E-state index in [4.69, 9.17) is 101 Å². The van der Waals surface area contributed by atoms with Crippen LogP contribution in [-0.4, -0.2) is 163 Å². The number of aromatic carboxylic acids is 1. The summed E-state index contributed by atoms with van der Waals surface area (Å²) in [5, 5.41) is 20.5. The zero-order valence-electron chi connectivity index (χ0n) is 67.8. The van der Waals surface area contributed by atoms with E-state index in [-0.39, 0.29) is 88.9 Å². The average molecular weight is 1810 g/mol. The van der Waals surface area contributed by atoms with Gasteiger partial charge in [0.25, 0.3) is 25.0 Å². The van der Waals surface area contributed by atoms with E-state index in [9.17, 15) is 36.0 Å². The first kappa shape index (κ1) is 106. The third-order valence-corrected chi connectivity index (χ3v) is 21.4. The average Bonchev–Trinajstić information content (AvgIpc) is 0.836. The Kier molecular flexibility index (Phi) is 47.9. The Morgan fingerprint density at radius 2 is 0.877 bits per heavy atom. The number of carboxylic acid groups (broad SMARTS) is 1. The summed E-state index contributed by atoms with van der Waals surface area (Å²) in [7, 11) is 3.40. The number of methoxy groups -OCH3 is 4. The maximum atomic E-state index is 12.9. The molecule has 10 aromatic carbocycles. The molecule has 3 heterocycles. The number of esters is 2. The van der Waals surface area contributed by atoms with Crippen molar-refractivity contribution in [1.29, 1.82) is 0 Å². The Bertz CT molecular complexity index is 5050. The number of ether oxygens (including phenoxy) is 7. The zero-order valence-corrected chi connectivity index (χ0v) is 73.2. The number of para-hydroxylation sites is 2. The van der Waals surface area contributed by atoms with Crippen LogP contribution in [0.1, 0.15) is 101 Å². The van der Waals surface area contributed by atoms with Gasteiger partial charge in [0.05, 0.1) is 64.4 Å². The van der Waals surface area contributed by atoms with E-state index in [0.29, 0.717) is 88.6 Å². The van der Waals surface area contributed by atoms with Gasteiger partial charge >= 0.3 is 36.8 Å². The van der Waals surface area contributed by atoms with Gasteiger partial charge in [0.15, 0.2) is 0 Å². The normalized spacial score (nSPS) is 12.9. The Balaban J connectivity index is 0.000000384. The smallest absolute Gasteiger partial charge is 0.870 e. The molecule has 1 unspecified atom stereocenters. The van der Waals surface area contributed by atoms with Crippen LogP contribution in [0.15, 0.2) is 240 Å². The standard InChI is InChI=1S/C24H24ClN3O4S.C17H18ClNO3.C15H14ClNO3.C10H14N2.C9H11NO2.C7H6Cl2O3S.C5H10O.2CH4.Li.H2O/c1-32-22-12-9-19(25)17-23(22)33(30,31)26-20-10-7-18(8-11-20)24(29)28-15-13-27(14-16-28)21-5-3-2-4-6-21;1-3-22-17(20)12-4-7-15(8-5-12)19-11-13-10-14(18)6-9-16(13)21-2;1-20-14-7-4-12(16)8-11(14)9-17-13-5-2-10(3-6-13)15(18)19;1-2-4-10(5-3-1)12-8-6-11-7-9-12;1-2-12-9(11)7-3-5-8(10)6-4-7;1-12-6-3-2-5(8)4-7(6)13(9,10)11;1-5-3-2-4-6-5;;;;/h2-12,17,26H,13-16H2,1H3;4-10,19H,3,11H2,1-2H3;2-8,17H,9H2,1H3,(H,18,19);1-5,11H,6-9H2;3-6H,2,10H2,1H3;2-4H,1H3;5H,2-4H2,1H3;2*1H4;;1H2/q;;;;;;;;;+1;/p-1. The number of hydrogen-bond acceptors (Lipinski definition) is 22. The van der Waals surface area contributed by atoms with Gasteiger partial charge in [0.1, 0.15) is 32.8 Å². The van der Waals surface area contributed by atoms with Gasteiger partial charge in [-0.25, -0.2) is 31.2 Å². The molecule has 652 valence electrons. The molecule has 10 aromatic rings. The summed E-state index contributed by atoms with van der Waals surface area (Å²) in [6.45, 7) is 15.8. The molecule has 122 heavy (non-hydrogen) atoms. The van der Waals surface area contributed by atoms with Crippen LogP contribution in [0.5, 0.6) is 23.0 Å². The van der Waals surface area contributed by atoms with Crippen LogP contribution in [0, 0.1) is 0 Å². The van der Waals surface area contributed by atoms with E-state index in [1.807, 2.05) is 59.5 Å². The number of piperazine rings is 2. The summed E-state index contributed by atoms with van der Waals surface area (Å²) in [6.07, 6.45) is 3.08. The first-order valence-corrected chi connectivity index (χ1v) is 42.7. The molecule has 0 spiro atoms. The van der Waals surface area contributed by atoms with Crippen molar-refractivity contribution < 1.29 is 98.6 Å². The van der Waals surface area contributed by atoms with Crippen molar-refractivity contribution in [3.8, 4) is 23.0 Å². The van der Waals surface area contributed by atoms with Crippen LogP contribution in [0.4, 0.5) is 34.1 Å². The third-order valence-electron chi connectivity index (χ3n) is 17.7. The van der Waals surface area contributed by atoms with Gasteiger partial charge in [-0.2, -0.15) is 0 Å². The van der Waals surface area contributed by atoms with E-state index in [1.54, 1.807) is 131 Å². The van der Waals surface area contributed by atoms with Crippen LogP contribution in [0.2, 0.25) is 20.1 Å². The molecule has 1 atom stereocenters. The number of carbonyl (C=O) groups excluding carboxylic acids is 3. The number of nitrogens with two attached hydrogens (primary N) is 1. The summed E-state index contributed by atoms with van der Waals surface area (Å²) in [4.78, 5) is 52.7. The number of halogens is 5. The number of nitrogens with zero attached hydrogens (tertiary/aromatic N) is 3. The molecule has 3 aliphatic heterocycles. The molecule has 25 nitrogen and oxygen atoms in total. The Morgan fingerprint density at radius 3 is 1.26 bits per heavy atom. The number of benzene rings is 10. The Morgan fingerprint density at radius 1 is 0.500 bits per heavy atom. The maximum Gasteiger partial charge on any atom is 1.00 e. The molecule has 33 heteroatoms. The number of hydrogen-bond donors (Lipinski definition) is 6. The number of carboxylic acids is 1. The monoisotopic (exact) mass is 1800 g/mol. The van der Waals surface area contributed by atoms with Crippen molar-refractivity contribution in [1.82, 2.24) is 10.2 Å². The van der Waals surface area contributed by atoms with E-state index < -0.39 is 25.0 Å². The van der Waals surface area contributed by atoms with Crippen molar-refractivity contribution in [3.05, 3.63) is 284 Å². The van der Waals surface area contributed by atoms with E-state index in [0.717, 1.165) is 85.6 Å². The number of nitrogen functional groups attached to an aromatic ring is 1. The summed E-state index contributed by atoms with van der Waals surface area (Å²) >= 11 is 23.5. The molecule has 13 rings (SSSR count). The van der Waals surface area contributed by atoms with E-state index in [1.165, 1.54) is 63.1 Å². The molecular formula is C89H106Cl5LiN8O17S2. The number of anilines is 6.